The van der Waals surface area contributed by atoms with Gasteiger partial charge in [-0.15, -0.1) is 0 Å². The molecule has 2 heterocycles. The van der Waals surface area contributed by atoms with Crippen molar-refractivity contribution in [2.24, 2.45) is 0 Å². The molecule has 188 valence electrons. The molecule has 0 spiro atoms. The summed E-state index contributed by atoms with van der Waals surface area (Å²) in [6.45, 7) is 2.95. The summed E-state index contributed by atoms with van der Waals surface area (Å²) in [6.07, 6.45) is 0.780. The van der Waals surface area contributed by atoms with E-state index in [1.807, 2.05) is 61.5 Å². The molecule has 0 radical (unpaired) electrons. The van der Waals surface area contributed by atoms with E-state index in [2.05, 4.69) is 5.32 Å². The van der Waals surface area contributed by atoms with Gasteiger partial charge in [-0.25, -0.2) is 0 Å². The maximum absolute atomic E-state index is 12.6. The molecule has 2 saturated heterocycles. The fourth-order valence-corrected chi connectivity index (χ4v) is 4.61. The lowest BCUT2D eigenvalue weighted by atomic mass is 9.94. The molecule has 2 N–H and O–H groups in total. The third-order valence-electron chi connectivity index (χ3n) is 6.41. The van der Waals surface area contributed by atoms with Gasteiger partial charge >= 0.3 is 0 Å². The lowest BCUT2D eigenvalue weighted by Gasteiger charge is -2.44. The molecule has 35 heavy (non-hydrogen) atoms. The third-order valence-corrected chi connectivity index (χ3v) is 6.41. The Morgan fingerprint density at radius 3 is 2.54 bits per heavy atom. The third kappa shape index (κ3) is 7.04. The molecule has 0 bridgehead atoms. The zero-order valence-corrected chi connectivity index (χ0v) is 20.1. The Kier molecular flexibility index (Phi) is 8.74. The first-order valence-electron chi connectivity index (χ1n) is 12.3. The molecule has 2 aliphatic rings. The summed E-state index contributed by atoms with van der Waals surface area (Å²) in [5, 5.41) is 13.1. The molecule has 8 heteroatoms. The summed E-state index contributed by atoms with van der Waals surface area (Å²) in [6, 6.07) is 17.1. The zero-order valence-electron chi connectivity index (χ0n) is 20.1. The van der Waals surface area contributed by atoms with E-state index in [0.29, 0.717) is 32.4 Å². The van der Waals surface area contributed by atoms with Crippen molar-refractivity contribution in [3.8, 4) is 11.5 Å². The van der Waals surface area contributed by atoms with Crippen molar-refractivity contribution in [1.29, 1.82) is 0 Å². The number of hydrogen-bond acceptors (Lipinski definition) is 6. The lowest BCUT2D eigenvalue weighted by Crippen LogP contribution is -2.57. The number of hydrogen-bond donors (Lipinski definition) is 2. The summed E-state index contributed by atoms with van der Waals surface area (Å²) in [7, 11) is 0. The summed E-state index contributed by atoms with van der Waals surface area (Å²) >= 11 is 0. The van der Waals surface area contributed by atoms with Gasteiger partial charge in [0.2, 0.25) is 11.8 Å². The van der Waals surface area contributed by atoms with E-state index in [-0.39, 0.29) is 49.6 Å². The molecule has 0 unspecified atom stereocenters. The molecule has 0 aliphatic carbocycles. The molecular formula is C27H34N2O6. The van der Waals surface area contributed by atoms with Crippen LogP contribution in [0.5, 0.6) is 11.5 Å². The van der Waals surface area contributed by atoms with Crippen LogP contribution >= 0.6 is 0 Å². The van der Waals surface area contributed by atoms with Crippen LogP contribution in [0.3, 0.4) is 0 Å². The predicted octanol–water partition coefficient (Wildman–Crippen LogP) is 3.03. The Labute approximate surface area is 206 Å². The van der Waals surface area contributed by atoms with Crippen molar-refractivity contribution in [2.75, 3.05) is 19.8 Å². The average Bonchev–Trinajstić information content (AvgIpc) is 2.86. The highest BCUT2D eigenvalue weighted by Crippen LogP contribution is 2.28. The number of benzene rings is 2. The Bertz CT molecular complexity index is 967. The second-order valence-electron chi connectivity index (χ2n) is 9.07. The number of aliphatic hydroxyl groups is 1. The number of fused-ring (bicyclic) bond motifs is 1. The highest BCUT2D eigenvalue weighted by molar-refractivity contribution is 5.77. The summed E-state index contributed by atoms with van der Waals surface area (Å²) in [5.41, 5.74) is 0.976. The monoisotopic (exact) mass is 482 g/mol. The number of ether oxygens (including phenoxy) is 3. The van der Waals surface area contributed by atoms with Crippen molar-refractivity contribution in [3.63, 3.8) is 0 Å². The van der Waals surface area contributed by atoms with Gasteiger partial charge in [0.25, 0.3) is 0 Å². The molecule has 0 aromatic heterocycles. The van der Waals surface area contributed by atoms with Crippen molar-refractivity contribution < 1.29 is 28.9 Å². The quantitative estimate of drug-likeness (QED) is 0.630. The Hall–Kier alpha value is -2.94. The summed E-state index contributed by atoms with van der Waals surface area (Å²) in [4.78, 5) is 26.8. The Balaban J connectivity index is 1.25. The number of para-hydroxylation sites is 1. The van der Waals surface area contributed by atoms with Crippen LogP contribution in [0, 0.1) is 0 Å². The van der Waals surface area contributed by atoms with E-state index in [1.165, 1.54) is 0 Å². The van der Waals surface area contributed by atoms with Crippen LogP contribution in [0.1, 0.15) is 38.2 Å². The van der Waals surface area contributed by atoms with Crippen LogP contribution in [0.25, 0.3) is 0 Å². The van der Waals surface area contributed by atoms with Gasteiger partial charge in [-0.1, -0.05) is 37.3 Å². The second-order valence-corrected chi connectivity index (χ2v) is 9.07. The number of nitrogens with one attached hydrogen (secondary N) is 1. The average molecular weight is 483 g/mol. The minimum Gasteiger partial charge on any atom is -0.457 e. The first kappa shape index (κ1) is 25.2. The van der Waals surface area contributed by atoms with Crippen LogP contribution < -0.4 is 10.1 Å². The van der Waals surface area contributed by atoms with Gasteiger partial charge in [-0.2, -0.15) is 0 Å². The van der Waals surface area contributed by atoms with Gasteiger partial charge in [0.1, 0.15) is 17.6 Å². The Morgan fingerprint density at radius 1 is 1.06 bits per heavy atom. The number of nitrogens with zero attached hydrogens (tertiary/aromatic N) is 1. The molecular weight excluding hydrogens is 448 g/mol. The molecule has 2 amide bonds. The first-order chi connectivity index (χ1) is 17.0. The predicted molar refractivity (Wildman–Crippen MR) is 130 cm³/mol. The largest absolute Gasteiger partial charge is 0.457 e. The van der Waals surface area contributed by atoms with E-state index in [9.17, 15) is 14.7 Å². The van der Waals surface area contributed by atoms with Crippen molar-refractivity contribution in [1.82, 2.24) is 10.2 Å². The van der Waals surface area contributed by atoms with Gasteiger partial charge < -0.3 is 29.5 Å². The SMILES string of the molecule is CCC(=O)N1C[C@@H](O)COC[C@@H]2O[C@H](CC(=O)NCc3ccc(Oc4ccccc4)cc3)CC[C@H]21. The van der Waals surface area contributed by atoms with Gasteiger partial charge in [0.15, 0.2) is 0 Å². The molecule has 4 rings (SSSR count). The van der Waals surface area contributed by atoms with E-state index in [4.69, 9.17) is 14.2 Å². The second kappa shape index (κ2) is 12.2. The number of carbonyl (C=O) groups excluding carboxylic acids is 2. The maximum atomic E-state index is 12.6. The Morgan fingerprint density at radius 2 is 1.80 bits per heavy atom. The van der Waals surface area contributed by atoms with Crippen molar-refractivity contribution in [2.45, 2.75) is 63.5 Å². The van der Waals surface area contributed by atoms with Crippen LogP contribution in [0.4, 0.5) is 0 Å². The highest BCUT2D eigenvalue weighted by Gasteiger charge is 2.39. The topological polar surface area (TPSA) is 97.3 Å². The van der Waals surface area contributed by atoms with Gasteiger partial charge in [-0.05, 0) is 42.7 Å². The zero-order chi connectivity index (χ0) is 24.6. The van der Waals surface area contributed by atoms with Crippen molar-refractivity contribution >= 4 is 11.8 Å². The molecule has 4 atom stereocenters. The summed E-state index contributed by atoms with van der Waals surface area (Å²) in [5.74, 6) is 1.43. The van der Waals surface area contributed by atoms with Gasteiger partial charge in [-0.3, -0.25) is 9.59 Å². The first-order valence-corrected chi connectivity index (χ1v) is 12.3. The van der Waals surface area contributed by atoms with E-state index in [1.54, 1.807) is 4.90 Å². The van der Waals surface area contributed by atoms with Gasteiger partial charge in [0, 0.05) is 19.5 Å². The summed E-state index contributed by atoms with van der Waals surface area (Å²) < 4.78 is 17.6. The molecule has 2 aromatic carbocycles. The molecule has 2 aliphatic heterocycles. The van der Waals surface area contributed by atoms with Crippen molar-refractivity contribution in [3.05, 3.63) is 60.2 Å². The number of rotatable bonds is 7. The highest BCUT2D eigenvalue weighted by atomic mass is 16.5. The van der Waals surface area contributed by atoms with Crippen LogP contribution in [-0.2, 0) is 25.6 Å². The number of β-amino-alcohol motifs (C(OH)–C–C–N with tert-alkyl or cyclic N) is 1. The van der Waals surface area contributed by atoms with E-state index in [0.717, 1.165) is 17.1 Å². The maximum Gasteiger partial charge on any atom is 0.222 e. The fourth-order valence-electron chi connectivity index (χ4n) is 4.61. The fraction of sp³-hybridized carbons (Fsp3) is 0.481. The van der Waals surface area contributed by atoms with Crippen LogP contribution in [0.2, 0.25) is 0 Å². The van der Waals surface area contributed by atoms with Gasteiger partial charge in [0.05, 0.1) is 37.9 Å². The minimum absolute atomic E-state index is 0.000861. The minimum atomic E-state index is -0.700. The molecule has 2 fully saturated rings. The smallest absolute Gasteiger partial charge is 0.222 e. The standard InChI is InChI=1S/C27H34N2O6/c1-2-27(32)29-16-20(30)17-33-18-25-24(29)13-12-23(35-25)14-26(31)28-15-19-8-10-22(11-9-19)34-21-6-4-3-5-7-21/h3-11,20,23-25,30H,2,12-18H2,1H3,(H,28,31)/t20-,23+,24-,25+/m1/s1. The number of amides is 2. The van der Waals surface area contributed by atoms with Crippen LogP contribution in [-0.4, -0.2) is 65.9 Å². The van der Waals surface area contributed by atoms with E-state index >= 15 is 0 Å². The normalized spacial score (nSPS) is 24.6. The molecule has 2 aromatic rings. The molecule has 0 saturated carbocycles. The lowest BCUT2D eigenvalue weighted by molar-refractivity contribution is -0.169. The van der Waals surface area contributed by atoms with E-state index < -0.39 is 6.10 Å². The number of aliphatic hydroxyl groups excluding tert-OH is 1. The number of carbonyl (C=O) groups is 2. The van der Waals surface area contributed by atoms with Crippen LogP contribution in [0.15, 0.2) is 54.6 Å². The molecule has 8 nitrogen and oxygen atoms in total.